The highest BCUT2D eigenvalue weighted by Gasteiger charge is 2.46. The second-order valence-electron chi connectivity index (χ2n) is 7.69. The van der Waals surface area contributed by atoms with Crippen LogP contribution in [-0.2, 0) is 0 Å². The molecule has 118 valence electrons. The summed E-state index contributed by atoms with van der Waals surface area (Å²) in [5.74, 6) is 2.22. The van der Waals surface area contributed by atoms with Crippen molar-refractivity contribution in [3.05, 3.63) is 0 Å². The van der Waals surface area contributed by atoms with Crippen molar-refractivity contribution >= 4 is 0 Å². The maximum Gasteiger partial charge on any atom is 0.0473 e. The average molecular weight is 281 g/mol. The van der Waals surface area contributed by atoms with Crippen molar-refractivity contribution in [1.82, 2.24) is 10.2 Å². The highest BCUT2D eigenvalue weighted by atomic mass is 15.3. The summed E-state index contributed by atoms with van der Waals surface area (Å²) < 4.78 is 0. The molecule has 20 heavy (non-hydrogen) atoms. The number of nitrogens with one attached hydrogen (secondary N) is 1. The van der Waals surface area contributed by atoms with Gasteiger partial charge in [0.25, 0.3) is 0 Å². The molecule has 0 aromatic rings. The fraction of sp³-hybridized carbons (Fsp3) is 1.00. The Balaban J connectivity index is 2.01. The first-order valence-corrected chi connectivity index (χ1v) is 8.69. The predicted molar refractivity (Wildman–Crippen MR) is 86.8 cm³/mol. The van der Waals surface area contributed by atoms with Crippen LogP contribution in [0.1, 0.15) is 53.4 Å². The van der Waals surface area contributed by atoms with Gasteiger partial charge in [-0.2, -0.15) is 0 Å². The molecule has 0 aromatic heterocycles. The predicted octanol–water partition coefficient (Wildman–Crippen LogP) is 2.46. The van der Waals surface area contributed by atoms with Crippen LogP contribution in [0.4, 0.5) is 0 Å². The molecule has 0 spiro atoms. The summed E-state index contributed by atoms with van der Waals surface area (Å²) in [7, 11) is 0. The van der Waals surface area contributed by atoms with Crippen LogP contribution in [-0.4, -0.2) is 42.7 Å². The first-order chi connectivity index (χ1) is 9.50. The van der Waals surface area contributed by atoms with Gasteiger partial charge in [-0.1, -0.05) is 34.1 Å². The molecular formula is C17H35N3. The third-order valence-corrected chi connectivity index (χ3v) is 5.86. The maximum atomic E-state index is 6.23. The summed E-state index contributed by atoms with van der Waals surface area (Å²) >= 11 is 0. The van der Waals surface area contributed by atoms with Gasteiger partial charge in [0.15, 0.2) is 0 Å². The number of hydrogen-bond acceptors (Lipinski definition) is 3. The quantitative estimate of drug-likeness (QED) is 0.786. The summed E-state index contributed by atoms with van der Waals surface area (Å²) in [6, 6.07) is 0.682. The average Bonchev–Trinajstić information content (AvgIpc) is 2.78. The van der Waals surface area contributed by atoms with Gasteiger partial charge in [0, 0.05) is 24.7 Å². The van der Waals surface area contributed by atoms with Crippen LogP contribution in [0.15, 0.2) is 0 Å². The van der Waals surface area contributed by atoms with Crippen LogP contribution in [0.2, 0.25) is 0 Å². The molecule has 3 N–H and O–H groups in total. The molecule has 3 heteroatoms. The molecule has 2 fully saturated rings. The molecular weight excluding hydrogens is 246 g/mol. The van der Waals surface area contributed by atoms with Gasteiger partial charge < -0.3 is 11.1 Å². The Labute approximate surface area is 125 Å². The van der Waals surface area contributed by atoms with Crippen LogP contribution in [0.3, 0.4) is 0 Å². The second kappa shape index (κ2) is 6.76. The molecule has 2 rings (SSSR count). The lowest BCUT2D eigenvalue weighted by Gasteiger charge is -2.42. The topological polar surface area (TPSA) is 41.3 Å². The second-order valence-corrected chi connectivity index (χ2v) is 7.69. The monoisotopic (exact) mass is 281 g/mol. The van der Waals surface area contributed by atoms with Gasteiger partial charge in [0.05, 0.1) is 0 Å². The summed E-state index contributed by atoms with van der Waals surface area (Å²) in [6.07, 6.45) is 5.31. The molecule has 0 radical (unpaired) electrons. The zero-order valence-corrected chi connectivity index (χ0v) is 14.0. The Morgan fingerprint density at radius 2 is 1.85 bits per heavy atom. The molecule has 2 unspecified atom stereocenters. The van der Waals surface area contributed by atoms with Crippen molar-refractivity contribution in [2.24, 2.45) is 23.5 Å². The van der Waals surface area contributed by atoms with E-state index < -0.39 is 0 Å². The molecule has 2 saturated heterocycles. The van der Waals surface area contributed by atoms with Crippen molar-refractivity contribution in [3.8, 4) is 0 Å². The van der Waals surface area contributed by atoms with Crippen LogP contribution in [0, 0.1) is 17.8 Å². The van der Waals surface area contributed by atoms with E-state index >= 15 is 0 Å². The van der Waals surface area contributed by atoms with Crippen molar-refractivity contribution in [1.29, 1.82) is 0 Å². The highest BCUT2D eigenvalue weighted by Crippen LogP contribution is 2.35. The molecule has 2 aliphatic heterocycles. The van der Waals surface area contributed by atoms with Gasteiger partial charge >= 0.3 is 0 Å². The van der Waals surface area contributed by atoms with E-state index in [0.29, 0.717) is 6.04 Å². The zero-order chi connectivity index (χ0) is 14.8. The number of nitrogens with two attached hydrogens (primary N) is 1. The molecule has 0 aliphatic carbocycles. The summed E-state index contributed by atoms with van der Waals surface area (Å²) in [5, 5.41) is 3.94. The third-order valence-electron chi connectivity index (χ3n) is 5.86. The number of rotatable bonds is 6. The van der Waals surface area contributed by atoms with Crippen LogP contribution in [0.25, 0.3) is 0 Å². The Hall–Kier alpha value is -0.120. The van der Waals surface area contributed by atoms with Crippen LogP contribution >= 0.6 is 0 Å². The molecule has 0 amide bonds. The van der Waals surface area contributed by atoms with Crippen molar-refractivity contribution in [2.75, 3.05) is 26.2 Å². The van der Waals surface area contributed by atoms with E-state index in [-0.39, 0.29) is 5.54 Å². The van der Waals surface area contributed by atoms with Gasteiger partial charge in [-0.3, -0.25) is 4.90 Å². The first-order valence-electron chi connectivity index (χ1n) is 8.69. The molecule has 0 saturated carbocycles. The summed E-state index contributed by atoms with van der Waals surface area (Å²) in [6.45, 7) is 13.8. The van der Waals surface area contributed by atoms with Crippen molar-refractivity contribution in [2.45, 2.75) is 65.0 Å². The minimum atomic E-state index is 0.183. The minimum absolute atomic E-state index is 0.183. The Bertz CT molecular complexity index is 295. The van der Waals surface area contributed by atoms with Gasteiger partial charge in [0.1, 0.15) is 0 Å². The Morgan fingerprint density at radius 3 is 2.45 bits per heavy atom. The SMILES string of the molecule is CC(C)C(CNC1(CN)CCN2CCCCC21)C(C)C. The van der Waals surface area contributed by atoms with Crippen molar-refractivity contribution in [3.63, 3.8) is 0 Å². The number of piperidine rings is 1. The van der Waals surface area contributed by atoms with Crippen LogP contribution < -0.4 is 11.1 Å². The smallest absolute Gasteiger partial charge is 0.0473 e. The zero-order valence-electron chi connectivity index (χ0n) is 14.0. The van der Waals surface area contributed by atoms with Gasteiger partial charge in [0.2, 0.25) is 0 Å². The van der Waals surface area contributed by atoms with Crippen LogP contribution in [0.5, 0.6) is 0 Å². The Kier molecular flexibility index (Phi) is 5.49. The number of hydrogen-bond donors (Lipinski definition) is 2. The standard InChI is InChI=1S/C17H35N3/c1-13(2)15(14(3)4)11-19-17(12-18)8-10-20-9-6-5-7-16(17)20/h13-16,19H,5-12,18H2,1-4H3. The molecule has 0 bridgehead atoms. The first kappa shape index (κ1) is 16.3. The fourth-order valence-electron chi connectivity index (χ4n) is 4.47. The van der Waals surface area contributed by atoms with Gasteiger partial charge in [-0.25, -0.2) is 0 Å². The largest absolute Gasteiger partial charge is 0.329 e. The lowest BCUT2D eigenvalue weighted by atomic mass is 9.82. The number of fused-ring (bicyclic) bond motifs is 1. The van der Waals surface area contributed by atoms with Crippen molar-refractivity contribution < 1.29 is 0 Å². The summed E-state index contributed by atoms with van der Waals surface area (Å²) in [5.41, 5.74) is 6.41. The minimum Gasteiger partial charge on any atom is -0.329 e. The van der Waals surface area contributed by atoms with E-state index in [1.807, 2.05) is 0 Å². The van der Waals surface area contributed by atoms with E-state index in [9.17, 15) is 0 Å². The fourth-order valence-corrected chi connectivity index (χ4v) is 4.47. The Morgan fingerprint density at radius 1 is 1.15 bits per heavy atom. The highest BCUT2D eigenvalue weighted by molar-refractivity contribution is 5.07. The van der Waals surface area contributed by atoms with Gasteiger partial charge in [-0.05, 0) is 50.1 Å². The van der Waals surface area contributed by atoms with Gasteiger partial charge in [-0.15, -0.1) is 0 Å². The summed E-state index contributed by atoms with van der Waals surface area (Å²) in [4.78, 5) is 2.68. The van der Waals surface area contributed by atoms with E-state index in [1.165, 1.54) is 38.8 Å². The third kappa shape index (κ3) is 3.20. The maximum absolute atomic E-state index is 6.23. The molecule has 2 atom stereocenters. The molecule has 2 heterocycles. The van der Waals surface area contributed by atoms with E-state index in [4.69, 9.17) is 5.73 Å². The lowest BCUT2D eigenvalue weighted by Crippen LogP contribution is -2.61. The number of nitrogens with zero attached hydrogens (tertiary/aromatic N) is 1. The molecule has 2 aliphatic rings. The molecule has 3 nitrogen and oxygen atoms in total. The lowest BCUT2D eigenvalue weighted by molar-refractivity contribution is 0.130. The molecule has 0 aromatic carbocycles. The van der Waals surface area contributed by atoms with E-state index in [1.54, 1.807) is 0 Å². The van der Waals surface area contributed by atoms with E-state index in [0.717, 1.165) is 30.8 Å². The van der Waals surface area contributed by atoms with E-state index in [2.05, 4.69) is 37.9 Å². The normalized spacial score (nSPS) is 31.5.